The van der Waals surface area contributed by atoms with Crippen molar-refractivity contribution in [1.29, 1.82) is 0 Å². The van der Waals surface area contributed by atoms with Gasteiger partial charge in [0.25, 0.3) is 0 Å². The third-order valence-electron chi connectivity index (χ3n) is 4.71. The first-order valence-electron chi connectivity index (χ1n) is 7.26. The lowest BCUT2D eigenvalue weighted by molar-refractivity contribution is 0.180. The van der Waals surface area contributed by atoms with Crippen molar-refractivity contribution in [1.82, 2.24) is 10.2 Å². The molecule has 3 aliphatic carbocycles. The summed E-state index contributed by atoms with van der Waals surface area (Å²) in [4.78, 5) is 2.85. The van der Waals surface area contributed by atoms with Gasteiger partial charge in [0.05, 0.1) is 0 Å². The van der Waals surface area contributed by atoms with Crippen molar-refractivity contribution in [3.05, 3.63) is 0 Å². The lowest BCUT2D eigenvalue weighted by Gasteiger charge is -2.29. The van der Waals surface area contributed by atoms with E-state index in [4.69, 9.17) is 0 Å². The summed E-state index contributed by atoms with van der Waals surface area (Å²) >= 11 is 0. The van der Waals surface area contributed by atoms with Crippen molar-refractivity contribution < 1.29 is 0 Å². The van der Waals surface area contributed by atoms with Crippen LogP contribution in [0.15, 0.2) is 0 Å². The molecule has 3 aliphatic rings. The Labute approximate surface area is 99.8 Å². The minimum absolute atomic E-state index is 0.797. The minimum atomic E-state index is 0.797. The van der Waals surface area contributed by atoms with Gasteiger partial charge in [-0.2, -0.15) is 0 Å². The highest BCUT2D eigenvalue weighted by atomic mass is 15.2. The third kappa shape index (κ3) is 2.78. The van der Waals surface area contributed by atoms with Crippen LogP contribution in [0.3, 0.4) is 0 Å². The van der Waals surface area contributed by atoms with Crippen LogP contribution in [-0.4, -0.2) is 37.1 Å². The Balaban J connectivity index is 1.53. The molecule has 0 spiro atoms. The van der Waals surface area contributed by atoms with Crippen molar-refractivity contribution in [3.63, 3.8) is 0 Å². The highest BCUT2D eigenvalue weighted by molar-refractivity contribution is 4.91. The second-order valence-corrected chi connectivity index (χ2v) is 6.29. The molecule has 0 heterocycles. The van der Waals surface area contributed by atoms with Crippen molar-refractivity contribution in [3.8, 4) is 0 Å². The van der Waals surface area contributed by atoms with Crippen LogP contribution < -0.4 is 5.32 Å². The van der Waals surface area contributed by atoms with Crippen LogP contribution in [0.2, 0.25) is 0 Å². The molecule has 2 unspecified atom stereocenters. The van der Waals surface area contributed by atoms with Crippen LogP contribution in [0, 0.1) is 11.8 Å². The van der Waals surface area contributed by atoms with Gasteiger partial charge >= 0.3 is 0 Å². The molecule has 0 amide bonds. The molecule has 0 bridgehead atoms. The van der Waals surface area contributed by atoms with Gasteiger partial charge in [0, 0.05) is 25.2 Å². The van der Waals surface area contributed by atoms with E-state index >= 15 is 0 Å². The lowest BCUT2D eigenvalue weighted by Crippen LogP contribution is -2.38. The van der Waals surface area contributed by atoms with Gasteiger partial charge in [0.2, 0.25) is 0 Å². The first-order chi connectivity index (χ1) is 7.85. The number of nitrogens with zero attached hydrogens (tertiary/aromatic N) is 1. The van der Waals surface area contributed by atoms with Gasteiger partial charge in [0.15, 0.2) is 0 Å². The number of hydrogen-bond acceptors (Lipinski definition) is 2. The second kappa shape index (κ2) is 4.66. The molecule has 3 fully saturated rings. The maximum atomic E-state index is 3.46. The largest absolute Gasteiger partial charge is 0.317 e. The molecule has 3 rings (SSSR count). The highest BCUT2D eigenvalue weighted by Gasteiger charge is 2.35. The van der Waals surface area contributed by atoms with E-state index in [0.29, 0.717) is 0 Å². The molecule has 1 N–H and O–H groups in total. The van der Waals surface area contributed by atoms with E-state index in [-0.39, 0.29) is 0 Å². The Hall–Kier alpha value is -0.0800. The fraction of sp³-hybridized carbons (Fsp3) is 1.00. The van der Waals surface area contributed by atoms with Gasteiger partial charge in [-0.3, -0.25) is 4.90 Å². The van der Waals surface area contributed by atoms with E-state index in [1.807, 2.05) is 0 Å². The zero-order valence-electron chi connectivity index (χ0n) is 10.6. The van der Waals surface area contributed by atoms with Crippen molar-refractivity contribution in [2.75, 3.05) is 20.1 Å². The Morgan fingerprint density at radius 3 is 2.00 bits per heavy atom. The number of nitrogens with one attached hydrogen (secondary N) is 1. The predicted molar refractivity (Wildman–Crippen MR) is 67.5 cm³/mol. The van der Waals surface area contributed by atoms with Crippen molar-refractivity contribution in [2.24, 2.45) is 11.8 Å². The van der Waals surface area contributed by atoms with Crippen LogP contribution in [0.4, 0.5) is 0 Å². The van der Waals surface area contributed by atoms with Gasteiger partial charge in [-0.1, -0.05) is 0 Å². The van der Waals surface area contributed by atoms with Crippen molar-refractivity contribution in [2.45, 2.75) is 57.0 Å². The molecule has 2 heteroatoms. The quantitative estimate of drug-likeness (QED) is 0.741. The summed E-state index contributed by atoms with van der Waals surface area (Å²) in [6.07, 6.45) is 10.2. The molecule has 0 aromatic heterocycles. The topological polar surface area (TPSA) is 15.3 Å². The van der Waals surface area contributed by atoms with E-state index < -0.39 is 0 Å². The van der Waals surface area contributed by atoms with Gasteiger partial charge in [-0.15, -0.1) is 0 Å². The van der Waals surface area contributed by atoms with Crippen LogP contribution in [0.25, 0.3) is 0 Å². The van der Waals surface area contributed by atoms with Gasteiger partial charge in [-0.25, -0.2) is 0 Å². The van der Waals surface area contributed by atoms with Gasteiger partial charge in [0.1, 0.15) is 0 Å². The molecule has 0 aromatic rings. The molecule has 16 heavy (non-hydrogen) atoms. The summed E-state index contributed by atoms with van der Waals surface area (Å²) in [7, 11) is 2.12. The Bertz CT molecular complexity index is 219. The molecular weight excluding hydrogens is 196 g/mol. The molecular formula is C14H26N2. The summed E-state index contributed by atoms with van der Waals surface area (Å²) in [5.74, 6) is 2.12. The monoisotopic (exact) mass is 222 g/mol. The highest BCUT2D eigenvalue weighted by Crippen LogP contribution is 2.36. The molecule has 2 atom stereocenters. The van der Waals surface area contributed by atoms with Crippen LogP contribution >= 0.6 is 0 Å². The molecule has 0 saturated heterocycles. The summed E-state index contributed by atoms with van der Waals surface area (Å²) in [5.41, 5.74) is 0. The van der Waals surface area contributed by atoms with Gasteiger partial charge in [-0.05, 0) is 63.8 Å². The summed E-state index contributed by atoms with van der Waals surface area (Å²) in [6.45, 7) is 2.83. The maximum absolute atomic E-state index is 3.46. The number of hydrogen-bond donors (Lipinski definition) is 1. The minimum Gasteiger partial charge on any atom is -0.317 e. The fourth-order valence-electron chi connectivity index (χ4n) is 3.19. The summed E-state index contributed by atoms with van der Waals surface area (Å²) in [6, 6.07) is 1.70. The SMILES string of the molecule is CNC1CCC(N(CC2CC2)CC2CC2)C1. The average Bonchev–Trinajstić information content (AvgIpc) is 3.21. The predicted octanol–water partition coefficient (Wildman–Crippen LogP) is 2.25. The molecule has 0 aliphatic heterocycles. The average molecular weight is 222 g/mol. The van der Waals surface area contributed by atoms with E-state index in [0.717, 1.165) is 23.9 Å². The smallest absolute Gasteiger partial charge is 0.0111 e. The zero-order chi connectivity index (χ0) is 11.0. The van der Waals surface area contributed by atoms with E-state index in [1.165, 1.54) is 58.0 Å². The Kier molecular flexibility index (Phi) is 3.21. The van der Waals surface area contributed by atoms with E-state index in [2.05, 4.69) is 17.3 Å². The normalized spacial score (nSPS) is 34.9. The van der Waals surface area contributed by atoms with Crippen LogP contribution in [0.5, 0.6) is 0 Å². The van der Waals surface area contributed by atoms with E-state index in [9.17, 15) is 0 Å². The van der Waals surface area contributed by atoms with Gasteiger partial charge < -0.3 is 5.32 Å². The molecule has 0 aromatic carbocycles. The Morgan fingerprint density at radius 1 is 0.938 bits per heavy atom. The molecule has 2 nitrogen and oxygen atoms in total. The maximum Gasteiger partial charge on any atom is 0.0111 e. The molecule has 92 valence electrons. The summed E-state index contributed by atoms with van der Waals surface area (Å²) < 4.78 is 0. The summed E-state index contributed by atoms with van der Waals surface area (Å²) in [5, 5.41) is 3.46. The van der Waals surface area contributed by atoms with Crippen molar-refractivity contribution >= 4 is 0 Å². The van der Waals surface area contributed by atoms with Crippen LogP contribution in [0.1, 0.15) is 44.9 Å². The molecule has 3 saturated carbocycles. The number of rotatable bonds is 6. The lowest BCUT2D eigenvalue weighted by atomic mass is 10.1. The Morgan fingerprint density at radius 2 is 1.56 bits per heavy atom. The molecule has 0 radical (unpaired) electrons. The standard InChI is InChI=1S/C14H26N2/c1-15-13-6-7-14(8-13)16(9-11-2-3-11)10-12-4-5-12/h11-15H,2-10H2,1H3. The second-order valence-electron chi connectivity index (χ2n) is 6.29. The van der Waals surface area contributed by atoms with Crippen LogP contribution in [-0.2, 0) is 0 Å². The first-order valence-corrected chi connectivity index (χ1v) is 7.26. The first kappa shape index (κ1) is 11.0. The fourth-order valence-corrected chi connectivity index (χ4v) is 3.19. The zero-order valence-corrected chi connectivity index (χ0v) is 10.6. The third-order valence-corrected chi connectivity index (χ3v) is 4.71. The van der Waals surface area contributed by atoms with E-state index in [1.54, 1.807) is 0 Å².